The molecule has 0 unspecified atom stereocenters. The van der Waals surface area contributed by atoms with Crippen LogP contribution < -0.4 is 4.72 Å². The van der Waals surface area contributed by atoms with Gasteiger partial charge in [0.05, 0.1) is 26.8 Å². The van der Waals surface area contributed by atoms with E-state index in [4.69, 9.17) is 23.2 Å². The lowest BCUT2D eigenvalue weighted by Gasteiger charge is -2.07. The minimum atomic E-state index is -3.75. The third kappa shape index (κ3) is 4.54. The van der Waals surface area contributed by atoms with E-state index in [1.165, 1.54) is 30.0 Å². The fourth-order valence-corrected chi connectivity index (χ4v) is 3.70. The van der Waals surface area contributed by atoms with Gasteiger partial charge in [-0.15, -0.1) is 0 Å². The zero-order valence-electron chi connectivity index (χ0n) is 13.1. The fraction of sp³-hybridized carbons (Fsp3) is 0.118. The Balaban J connectivity index is 1.68. The van der Waals surface area contributed by atoms with E-state index < -0.39 is 10.0 Å². The van der Waals surface area contributed by atoms with Gasteiger partial charge in [0, 0.05) is 12.7 Å². The largest absolute Gasteiger partial charge is 0.276 e. The second-order valence-corrected chi connectivity index (χ2v) is 7.91. The molecule has 0 fully saturated rings. The molecule has 1 N–H and O–H groups in total. The van der Waals surface area contributed by atoms with Crippen LogP contribution in [0.1, 0.15) is 5.56 Å². The highest BCUT2D eigenvalue weighted by Gasteiger charge is 2.16. The zero-order valence-corrected chi connectivity index (χ0v) is 15.4. The van der Waals surface area contributed by atoms with Gasteiger partial charge in [0.2, 0.25) is 0 Å². The van der Waals surface area contributed by atoms with Crippen LogP contribution in [-0.4, -0.2) is 18.2 Å². The lowest BCUT2D eigenvalue weighted by atomic mass is 10.1. The number of benzene rings is 2. The second kappa shape index (κ2) is 7.47. The minimum Gasteiger partial charge on any atom is -0.276 e. The molecule has 0 aliphatic rings. The number of halogens is 2. The molecule has 2 aromatic carbocycles. The van der Waals surface area contributed by atoms with Gasteiger partial charge in [0.15, 0.2) is 0 Å². The number of sulfonamides is 1. The molecule has 0 spiro atoms. The van der Waals surface area contributed by atoms with Gasteiger partial charge >= 0.3 is 0 Å². The first-order chi connectivity index (χ1) is 11.9. The summed E-state index contributed by atoms with van der Waals surface area (Å²) in [5, 5.41) is 4.67. The monoisotopic (exact) mass is 395 g/mol. The first-order valence-corrected chi connectivity index (χ1v) is 9.72. The molecule has 0 atom stereocenters. The molecule has 3 aromatic rings. The quantitative estimate of drug-likeness (QED) is 0.678. The van der Waals surface area contributed by atoms with E-state index >= 15 is 0 Å². The lowest BCUT2D eigenvalue weighted by Crippen LogP contribution is -2.12. The molecule has 0 radical (unpaired) electrons. The molecule has 3 rings (SSSR count). The van der Waals surface area contributed by atoms with Crippen molar-refractivity contribution in [2.45, 2.75) is 17.9 Å². The average molecular weight is 396 g/mol. The molecular formula is C17H15Cl2N3O2S. The number of nitrogens with zero attached hydrogens (tertiary/aromatic N) is 2. The average Bonchev–Trinajstić information content (AvgIpc) is 3.03. The molecule has 1 aromatic heterocycles. The van der Waals surface area contributed by atoms with Crippen LogP contribution in [0, 0.1) is 0 Å². The Bertz CT molecular complexity index is 973. The van der Waals surface area contributed by atoms with Gasteiger partial charge in [-0.3, -0.25) is 9.40 Å². The fourth-order valence-electron chi connectivity index (χ4n) is 2.28. The van der Waals surface area contributed by atoms with E-state index in [1.54, 1.807) is 10.9 Å². The third-order valence-corrected chi connectivity index (χ3v) is 5.68. The molecular weight excluding hydrogens is 381 g/mol. The molecule has 1 heterocycles. The van der Waals surface area contributed by atoms with Crippen molar-refractivity contribution < 1.29 is 8.42 Å². The minimum absolute atomic E-state index is 0.0407. The lowest BCUT2D eigenvalue weighted by molar-refractivity contribution is 0.601. The molecule has 25 heavy (non-hydrogen) atoms. The molecule has 0 amide bonds. The molecule has 0 saturated heterocycles. The first-order valence-electron chi connectivity index (χ1n) is 7.48. The van der Waals surface area contributed by atoms with Gasteiger partial charge in [0.1, 0.15) is 0 Å². The van der Waals surface area contributed by atoms with Crippen LogP contribution in [0.3, 0.4) is 0 Å². The van der Waals surface area contributed by atoms with E-state index in [2.05, 4.69) is 9.82 Å². The summed E-state index contributed by atoms with van der Waals surface area (Å²) in [4.78, 5) is 0.0407. The molecule has 0 saturated carbocycles. The van der Waals surface area contributed by atoms with Crippen molar-refractivity contribution in [3.63, 3.8) is 0 Å². The van der Waals surface area contributed by atoms with Crippen molar-refractivity contribution >= 4 is 38.9 Å². The highest BCUT2D eigenvalue weighted by molar-refractivity contribution is 7.92. The summed E-state index contributed by atoms with van der Waals surface area (Å²) in [6.07, 6.45) is 3.93. The molecule has 5 nitrogen and oxygen atoms in total. The summed E-state index contributed by atoms with van der Waals surface area (Å²) < 4.78 is 29.0. The van der Waals surface area contributed by atoms with Gasteiger partial charge in [0.25, 0.3) is 10.0 Å². The Morgan fingerprint density at radius 2 is 1.80 bits per heavy atom. The standard InChI is InChI=1S/C17H15Cl2N3O2S/c18-16-7-6-15(10-17(16)19)25(23,24)21-14-11-20-22(12-14)9-8-13-4-2-1-3-5-13/h1-7,10-12,21H,8-9H2. The van der Waals surface area contributed by atoms with Crippen molar-refractivity contribution in [2.75, 3.05) is 4.72 Å². The summed E-state index contributed by atoms with van der Waals surface area (Å²) in [6, 6.07) is 14.2. The van der Waals surface area contributed by atoms with Crippen molar-refractivity contribution in [2.24, 2.45) is 0 Å². The predicted octanol–water partition coefficient (Wildman–Crippen LogP) is 4.23. The Kier molecular flexibility index (Phi) is 5.32. The Morgan fingerprint density at radius 1 is 1.04 bits per heavy atom. The number of rotatable bonds is 6. The summed E-state index contributed by atoms with van der Waals surface area (Å²) in [7, 11) is -3.75. The second-order valence-electron chi connectivity index (χ2n) is 5.41. The number of aromatic nitrogens is 2. The van der Waals surface area contributed by atoms with Crippen molar-refractivity contribution in [1.82, 2.24) is 9.78 Å². The number of aryl methyl sites for hydroxylation is 2. The maximum Gasteiger partial charge on any atom is 0.262 e. The van der Waals surface area contributed by atoms with Crippen LogP contribution in [0.15, 0.2) is 65.8 Å². The van der Waals surface area contributed by atoms with Gasteiger partial charge in [-0.05, 0) is 30.2 Å². The number of anilines is 1. The number of hydrogen-bond acceptors (Lipinski definition) is 3. The zero-order chi connectivity index (χ0) is 17.9. The van der Waals surface area contributed by atoms with Crippen LogP contribution in [0.2, 0.25) is 10.0 Å². The van der Waals surface area contributed by atoms with Gasteiger partial charge in [-0.25, -0.2) is 8.42 Å². The number of hydrogen-bond donors (Lipinski definition) is 1. The summed E-state index contributed by atoms with van der Waals surface area (Å²) in [5.41, 5.74) is 1.58. The van der Waals surface area contributed by atoms with Crippen LogP contribution in [0.25, 0.3) is 0 Å². The van der Waals surface area contributed by atoms with Crippen molar-refractivity contribution in [3.8, 4) is 0 Å². The molecule has 0 aliphatic heterocycles. The maximum atomic E-state index is 12.4. The third-order valence-electron chi connectivity index (χ3n) is 3.56. The van der Waals surface area contributed by atoms with Gasteiger partial charge < -0.3 is 0 Å². The first kappa shape index (κ1) is 17.8. The van der Waals surface area contributed by atoms with Gasteiger partial charge in [-0.2, -0.15) is 5.10 Å². The maximum absolute atomic E-state index is 12.4. The van der Waals surface area contributed by atoms with Crippen LogP contribution in [0.4, 0.5) is 5.69 Å². The Labute approximate surface area is 156 Å². The topological polar surface area (TPSA) is 64.0 Å². The van der Waals surface area contributed by atoms with Crippen molar-refractivity contribution in [3.05, 3.63) is 76.5 Å². The molecule has 8 heteroatoms. The van der Waals surface area contributed by atoms with E-state index in [-0.39, 0.29) is 9.92 Å². The predicted molar refractivity (Wildman–Crippen MR) is 99.6 cm³/mol. The number of nitrogens with one attached hydrogen (secondary N) is 1. The highest BCUT2D eigenvalue weighted by atomic mass is 35.5. The van der Waals surface area contributed by atoms with Gasteiger partial charge in [-0.1, -0.05) is 53.5 Å². The molecule has 130 valence electrons. The van der Waals surface area contributed by atoms with E-state index in [0.29, 0.717) is 17.3 Å². The summed E-state index contributed by atoms with van der Waals surface area (Å²) in [6.45, 7) is 0.651. The Morgan fingerprint density at radius 3 is 2.52 bits per heavy atom. The smallest absolute Gasteiger partial charge is 0.262 e. The van der Waals surface area contributed by atoms with E-state index in [1.807, 2.05) is 30.3 Å². The van der Waals surface area contributed by atoms with Crippen LogP contribution in [0.5, 0.6) is 0 Å². The highest BCUT2D eigenvalue weighted by Crippen LogP contribution is 2.25. The molecule has 0 bridgehead atoms. The van der Waals surface area contributed by atoms with Crippen molar-refractivity contribution in [1.29, 1.82) is 0 Å². The van der Waals surface area contributed by atoms with Crippen LogP contribution >= 0.6 is 23.2 Å². The normalized spacial score (nSPS) is 11.4. The summed E-state index contributed by atoms with van der Waals surface area (Å²) >= 11 is 11.7. The Hall–Kier alpha value is -2.02. The molecule has 0 aliphatic carbocycles. The van der Waals surface area contributed by atoms with Crippen LogP contribution in [-0.2, 0) is 23.0 Å². The SMILES string of the molecule is O=S(=O)(Nc1cnn(CCc2ccccc2)c1)c1ccc(Cl)c(Cl)c1. The van der Waals surface area contributed by atoms with E-state index in [0.717, 1.165) is 6.42 Å². The summed E-state index contributed by atoms with van der Waals surface area (Å²) in [5.74, 6) is 0. The van der Waals surface area contributed by atoms with E-state index in [9.17, 15) is 8.42 Å².